The number of hydrogen-bond donors (Lipinski definition) is 1. The molecule has 122 valence electrons. The average Bonchev–Trinajstić information content (AvgIpc) is 3.16. The molecule has 1 saturated carbocycles. The zero-order chi connectivity index (χ0) is 16.0. The van der Waals surface area contributed by atoms with Gasteiger partial charge < -0.3 is 9.63 Å². The summed E-state index contributed by atoms with van der Waals surface area (Å²) in [7, 11) is 0. The number of aliphatic hydroxyl groups excluding tert-OH is 1. The molecule has 0 spiro atoms. The van der Waals surface area contributed by atoms with Crippen molar-refractivity contribution in [2.45, 2.75) is 43.9 Å². The Morgan fingerprint density at radius 3 is 2.91 bits per heavy atom. The summed E-state index contributed by atoms with van der Waals surface area (Å²) in [5.74, 6) is 0.598. The number of β-amino-alcohol motifs (C(OH)–C–C–N with tert-alkyl or cyclic N) is 1. The number of rotatable bonds is 4. The lowest BCUT2D eigenvalue weighted by Gasteiger charge is -2.23. The Balaban J connectivity index is 1.56. The van der Waals surface area contributed by atoms with Crippen LogP contribution in [0.5, 0.6) is 0 Å². The van der Waals surface area contributed by atoms with Gasteiger partial charge in [-0.15, -0.1) is 0 Å². The Labute approximate surface area is 131 Å². The van der Waals surface area contributed by atoms with E-state index in [1.54, 1.807) is 0 Å². The summed E-state index contributed by atoms with van der Waals surface area (Å²) in [5.41, 5.74) is 0.253. The Kier molecular flexibility index (Phi) is 3.61. The van der Waals surface area contributed by atoms with Crippen LogP contribution in [0.3, 0.4) is 0 Å². The van der Waals surface area contributed by atoms with Crippen molar-refractivity contribution in [2.75, 3.05) is 6.54 Å². The van der Waals surface area contributed by atoms with Crippen LogP contribution in [-0.4, -0.2) is 32.8 Å². The number of halogens is 2. The molecule has 1 saturated heterocycles. The third-order valence-corrected chi connectivity index (χ3v) is 4.46. The fourth-order valence-electron chi connectivity index (χ4n) is 3.16. The summed E-state index contributed by atoms with van der Waals surface area (Å²) in [4.78, 5) is 6.21. The summed E-state index contributed by atoms with van der Waals surface area (Å²) in [6.45, 7) is 0.680. The first kappa shape index (κ1) is 14.7. The van der Waals surface area contributed by atoms with Gasteiger partial charge in [0.05, 0.1) is 12.6 Å². The van der Waals surface area contributed by atoms with E-state index < -0.39 is 23.8 Å². The van der Waals surface area contributed by atoms with Crippen LogP contribution in [-0.2, 0) is 6.54 Å². The van der Waals surface area contributed by atoms with E-state index in [1.807, 2.05) is 4.90 Å². The highest BCUT2D eigenvalue weighted by Gasteiger charge is 2.35. The molecule has 23 heavy (non-hydrogen) atoms. The summed E-state index contributed by atoms with van der Waals surface area (Å²) in [6, 6.07) is 2.99. The van der Waals surface area contributed by atoms with Gasteiger partial charge in [-0.3, -0.25) is 4.90 Å². The zero-order valence-electron chi connectivity index (χ0n) is 12.5. The second-order valence-electron chi connectivity index (χ2n) is 6.32. The standard InChI is InChI=1S/C16H17F2N3O2/c17-10-3-4-13(18)12(5-10)14-6-11(22)7-21(14)8-15-19-16(20-23-15)9-1-2-9/h3-5,9,11,14,22H,1-2,6-8H2/t11-,14-/m0/s1. The fraction of sp³-hybridized carbons (Fsp3) is 0.500. The SMILES string of the molecule is O[C@H]1C[C@@H](c2cc(F)ccc2F)N(Cc2nc(C3CC3)no2)C1. The molecule has 2 heterocycles. The third-order valence-electron chi connectivity index (χ3n) is 4.46. The zero-order valence-corrected chi connectivity index (χ0v) is 12.5. The van der Waals surface area contributed by atoms with Gasteiger partial charge in [0.1, 0.15) is 11.6 Å². The monoisotopic (exact) mass is 321 g/mol. The molecule has 5 nitrogen and oxygen atoms in total. The third kappa shape index (κ3) is 2.98. The number of likely N-dealkylation sites (tertiary alicyclic amines) is 1. The van der Waals surface area contributed by atoms with E-state index in [4.69, 9.17) is 4.52 Å². The second kappa shape index (κ2) is 5.65. The van der Waals surface area contributed by atoms with Crippen molar-refractivity contribution in [2.24, 2.45) is 0 Å². The Morgan fingerprint density at radius 1 is 1.30 bits per heavy atom. The van der Waals surface area contributed by atoms with Crippen LogP contribution in [0.25, 0.3) is 0 Å². The van der Waals surface area contributed by atoms with Gasteiger partial charge >= 0.3 is 0 Å². The van der Waals surface area contributed by atoms with E-state index in [9.17, 15) is 13.9 Å². The lowest BCUT2D eigenvalue weighted by Crippen LogP contribution is -2.25. The lowest BCUT2D eigenvalue weighted by molar-refractivity contribution is 0.164. The molecule has 0 radical (unpaired) electrons. The van der Waals surface area contributed by atoms with E-state index in [0.717, 1.165) is 25.0 Å². The Morgan fingerprint density at radius 2 is 2.13 bits per heavy atom. The number of aliphatic hydroxyl groups is 1. The topological polar surface area (TPSA) is 62.4 Å². The van der Waals surface area contributed by atoms with Gasteiger partial charge in [0.15, 0.2) is 5.82 Å². The molecule has 0 amide bonds. The van der Waals surface area contributed by atoms with Crippen LogP contribution in [0, 0.1) is 11.6 Å². The molecule has 1 aliphatic carbocycles. The molecule has 1 N–H and O–H groups in total. The smallest absolute Gasteiger partial charge is 0.240 e. The van der Waals surface area contributed by atoms with Crippen molar-refractivity contribution in [3.8, 4) is 0 Å². The van der Waals surface area contributed by atoms with Crippen molar-refractivity contribution in [1.29, 1.82) is 0 Å². The molecule has 7 heteroatoms. The Hall–Kier alpha value is -1.86. The highest BCUT2D eigenvalue weighted by Crippen LogP contribution is 2.39. The fourth-order valence-corrected chi connectivity index (χ4v) is 3.16. The first-order valence-corrected chi connectivity index (χ1v) is 7.79. The summed E-state index contributed by atoms with van der Waals surface area (Å²) >= 11 is 0. The number of benzene rings is 1. The maximum Gasteiger partial charge on any atom is 0.240 e. The van der Waals surface area contributed by atoms with Crippen molar-refractivity contribution in [3.05, 3.63) is 47.1 Å². The van der Waals surface area contributed by atoms with E-state index in [-0.39, 0.29) is 5.56 Å². The van der Waals surface area contributed by atoms with Crippen molar-refractivity contribution < 1.29 is 18.4 Å². The summed E-state index contributed by atoms with van der Waals surface area (Å²) in [6.07, 6.45) is 1.93. The number of hydrogen-bond acceptors (Lipinski definition) is 5. The van der Waals surface area contributed by atoms with Crippen LogP contribution >= 0.6 is 0 Å². The largest absolute Gasteiger partial charge is 0.392 e. The first-order valence-electron chi connectivity index (χ1n) is 7.79. The van der Waals surface area contributed by atoms with Crippen LogP contribution in [0.1, 0.15) is 48.5 Å². The highest BCUT2D eigenvalue weighted by molar-refractivity contribution is 5.24. The molecule has 2 aliphatic rings. The van der Waals surface area contributed by atoms with Gasteiger partial charge in [-0.05, 0) is 37.5 Å². The summed E-state index contributed by atoms with van der Waals surface area (Å²) < 4.78 is 32.8. The average molecular weight is 321 g/mol. The molecule has 1 aromatic carbocycles. The van der Waals surface area contributed by atoms with Gasteiger partial charge in [-0.1, -0.05) is 5.16 Å². The van der Waals surface area contributed by atoms with E-state index in [1.165, 1.54) is 6.07 Å². The van der Waals surface area contributed by atoms with E-state index >= 15 is 0 Å². The molecular weight excluding hydrogens is 304 g/mol. The quantitative estimate of drug-likeness (QED) is 0.937. The van der Waals surface area contributed by atoms with Gasteiger partial charge in [0.2, 0.25) is 5.89 Å². The molecule has 0 bridgehead atoms. The normalized spacial score (nSPS) is 25.2. The molecule has 2 atom stereocenters. The van der Waals surface area contributed by atoms with Crippen LogP contribution < -0.4 is 0 Å². The predicted molar refractivity (Wildman–Crippen MR) is 76.4 cm³/mol. The van der Waals surface area contributed by atoms with Gasteiger partial charge in [-0.25, -0.2) is 8.78 Å². The number of nitrogens with zero attached hydrogens (tertiary/aromatic N) is 3. The lowest BCUT2D eigenvalue weighted by atomic mass is 10.0. The minimum atomic E-state index is -0.589. The maximum absolute atomic E-state index is 14.1. The summed E-state index contributed by atoms with van der Waals surface area (Å²) in [5, 5.41) is 13.9. The second-order valence-corrected chi connectivity index (χ2v) is 6.32. The minimum absolute atomic E-state index is 0.253. The van der Waals surface area contributed by atoms with Gasteiger partial charge in [-0.2, -0.15) is 4.98 Å². The van der Waals surface area contributed by atoms with Crippen LogP contribution in [0.4, 0.5) is 8.78 Å². The van der Waals surface area contributed by atoms with Crippen LogP contribution in [0.15, 0.2) is 22.7 Å². The van der Waals surface area contributed by atoms with Gasteiger partial charge in [0.25, 0.3) is 0 Å². The van der Waals surface area contributed by atoms with Crippen LogP contribution in [0.2, 0.25) is 0 Å². The predicted octanol–water partition coefficient (Wildman–Crippen LogP) is 2.53. The van der Waals surface area contributed by atoms with E-state index in [0.29, 0.717) is 37.1 Å². The molecule has 0 unspecified atom stereocenters. The Bertz CT molecular complexity index is 717. The van der Waals surface area contributed by atoms with Gasteiger partial charge in [0, 0.05) is 24.1 Å². The first-order chi connectivity index (χ1) is 11.1. The maximum atomic E-state index is 14.1. The molecule has 2 fully saturated rings. The molecule has 2 aromatic rings. The van der Waals surface area contributed by atoms with E-state index in [2.05, 4.69) is 10.1 Å². The minimum Gasteiger partial charge on any atom is -0.392 e. The van der Waals surface area contributed by atoms with Crippen molar-refractivity contribution in [3.63, 3.8) is 0 Å². The number of aromatic nitrogens is 2. The molecular formula is C16H17F2N3O2. The van der Waals surface area contributed by atoms with Crippen molar-refractivity contribution in [1.82, 2.24) is 15.0 Å². The molecule has 1 aromatic heterocycles. The molecule has 1 aliphatic heterocycles. The highest BCUT2D eigenvalue weighted by atomic mass is 19.1. The molecule has 4 rings (SSSR count). The van der Waals surface area contributed by atoms with Crippen molar-refractivity contribution >= 4 is 0 Å².